The molecule has 0 saturated carbocycles. The average molecular weight is 355 g/mol. The average Bonchev–Trinajstić information content (AvgIpc) is 2.31. The minimum absolute atomic E-state index is 0.0112. The molecule has 0 fully saturated rings. The van der Waals surface area contributed by atoms with Crippen molar-refractivity contribution in [3.05, 3.63) is 31.7 Å². The maximum Gasteiger partial charge on any atom is 0.329 e. The van der Waals surface area contributed by atoms with E-state index in [0.29, 0.717) is 4.47 Å². The van der Waals surface area contributed by atoms with Crippen LogP contribution in [0.4, 0.5) is 5.69 Å². The molecule has 1 rings (SSSR count). The van der Waals surface area contributed by atoms with Gasteiger partial charge in [-0.2, -0.15) is 0 Å². The van der Waals surface area contributed by atoms with Crippen LogP contribution in [-0.4, -0.2) is 17.5 Å². The highest BCUT2D eigenvalue weighted by Crippen LogP contribution is 2.37. The van der Waals surface area contributed by atoms with E-state index in [0.717, 1.165) is 6.07 Å². The monoisotopic (exact) mass is 353 g/mol. The quantitative estimate of drug-likeness (QED) is 0.453. The molecular formula is C9H9BrClN3O5. The zero-order chi connectivity index (χ0) is 14.4. The van der Waals surface area contributed by atoms with Gasteiger partial charge in [0.1, 0.15) is 0 Å². The summed E-state index contributed by atoms with van der Waals surface area (Å²) in [5, 5.41) is 11.0. The van der Waals surface area contributed by atoms with Crippen LogP contribution in [0.2, 0.25) is 5.02 Å². The summed E-state index contributed by atoms with van der Waals surface area (Å²) in [5.74, 6) is 4.10. The second-order valence-corrected chi connectivity index (χ2v) is 4.47. The van der Waals surface area contributed by atoms with Crippen molar-refractivity contribution in [1.29, 1.82) is 0 Å². The molecular weight excluding hydrogens is 345 g/mol. The van der Waals surface area contributed by atoms with Gasteiger partial charge in [-0.05, 0) is 22.0 Å². The first-order valence-electron chi connectivity index (χ1n) is 4.87. The third-order valence-corrected chi connectivity index (χ3v) is 2.72. The van der Waals surface area contributed by atoms with E-state index in [1.165, 1.54) is 6.07 Å². The largest absolute Gasteiger partial charge is 0.485 e. The molecule has 10 heteroatoms. The molecule has 0 amide bonds. The van der Waals surface area contributed by atoms with Crippen LogP contribution >= 0.6 is 27.5 Å². The molecule has 104 valence electrons. The Balaban J connectivity index is 2.77. The molecule has 8 nitrogen and oxygen atoms in total. The molecule has 0 aliphatic heterocycles. The number of halogens is 2. The van der Waals surface area contributed by atoms with Crippen LogP contribution in [-0.2, 0) is 9.63 Å². The van der Waals surface area contributed by atoms with Crippen LogP contribution in [0, 0.1) is 10.1 Å². The van der Waals surface area contributed by atoms with Crippen LogP contribution in [0.5, 0.6) is 5.75 Å². The Labute approximate surface area is 121 Å². The molecule has 1 aromatic carbocycles. The second-order valence-electron chi connectivity index (χ2n) is 3.18. The Bertz CT molecular complexity index is 499. The lowest BCUT2D eigenvalue weighted by atomic mass is 10.3. The molecule has 0 aromatic heterocycles. The summed E-state index contributed by atoms with van der Waals surface area (Å²) < 4.78 is 5.50. The van der Waals surface area contributed by atoms with Gasteiger partial charge < -0.3 is 9.57 Å². The van der Waals surface area contributed by atoms with Gasteiger partial charge in [0, 0.05) is 11.1 Å². The Morgan fingerprint density at radius 2 is 2.26 bits per heavy atom. The van der Waals surface area contributed by atoms with Crippen molar-refractivity contribution in [3.8, 4) is 5.75 Å². The number of nitrogens with one attached hydrogen (secondary N) is 1. The summed E-state index contributed by atoms with van der Waals surface area (Å²) >= 11 is 8.81. The molecule has 0 unspecified atom stereocenters. The number of nitro groups is 1. The number of hydrogen-bond donors (Lipinski definition) is 2. The molecule has 1 aromatic rings. The van der Waals surface area contributed by atoms with E-state index in [1.807, 2.05) is 0 Å². The van der Waals surface area contributed by atoms with Crippen LogP contribution < -0.4 is 16.2 Å². The first-order valence-corrected chi connectivity index (χ1v) is 6.04. The molecule has 0 bridgehead atoms. The number of hydrogen-bond acceptors (Lipinski definition) is 7. The SMILES string of the molecule is NNOC(=O)CCOc1c(Br)cc(Cl)cc1[N+](=O)[O-]. The summed E-state index contributed by atoms with van der Waals surface area (Å²) in [6.45, 7) is -0.110. The number of carbonyl (C=O) groups excluding carboxylic acids is 1. The summed E-state index contributed by atoms with van der Waals surface area (Å²) in [5.41, 5.74) is 1.42. The molecule has 0 atom stereocenters. The van der Waals surface area contributed by atoms with Gasteiger partial charge in [-0.25, -0.2) is 5.84 Å². The van der Waals surface area contributed by atoms with E-state index in [2.05, 4.69) is 20.8 Å². The highest BCUT2D eigenvalue weighted by molar-refractivity contribution is 9.10. The summed E-state index contributed by atoms with van der Waals surface area (Å²) in [4.78, 5) is 25.4. The molecule has 0 aliphatic rings. The predicted octanol–water partition coefficient (Wildman–Crippen LogP) is 1.70. The summed E-state index contributed by atoms with van der Waals surface area (Å²) in [6, 6.07) is 2.60. The van der Waals surface area contributed by atoms with Crippen molar-refractivity contribution in [3.63, 3.8) is 0 Å². The Morgan fingerprint density at radius 1 is 1.58 bits per heavy atom. The topological polar surface area (TPSA) is 117 Å². The highest BCUT2D eigenvalue weighted by Gasteiger charge is 2.20. The van der Waals surface area contributed by atoms with E-state index in [-0.39, 0.29) is 29.5 Å². The van der Waals surface area contributed by atoms with Crippen LogP contribution in [0.25, 0.3) is 0 Å². The molecule has 0 radical (unpaired) electrons. The number of nitrogens with zero attached hydrogens (tertiary/aromatic N) is 1. The van der Waals surface area contributed by atoms with Crippen molar-refractivity contribution in [1.82, 2.24) is 5.59 Å². The van der Waals surface area contributed by atoms with E-state index in [9.17, 15) is 14.9 Å². The Morgan fingerprint density at radius 3 is 2.84 bits per heavy atom. The number of benzene rings is 1. The van der Waals surface area contributed by atoms with Gasteiger partial charge in [-0.1, -0.05) is 17.2 Å². The fraction of sp³-hybridized carbons (Fsp3) is 0.222. The van der Waals surface area contributed by atoms with Crippen LogP contribution in [0.1, 0.15) is 6.42 Å². The fourth-order valence-corrected chi connectivity index (χ4v) is 2.09. The number of nitrogens with two attached hydrogens (primary N) is 1. The van der Waals surface area contributed by atoms with E-state index < -0.39 is 10.9 Å². The lowest BCUT2D eigenvalue weighted by Crippen LogP contribution is -2.27. The minimum atomic E-state index is -0.657. The van der Waals surface area contributed by atoms with Crippen molar-refractivity contribution in [2.75, 3.05) is 6.61 Å². The van der Waals surface area contributed by atoms with Crippen LogP contribution in [0.15, 0.2) is 16.6 Å². The molecule has 0 saturated heterocycles. The predicted molar refractivity (Wildman–Crippen MR) is 69.3 cm³/mol. The summed E-state index contributed by atoms with van der Waals surface area (Å²) in [6.07, 6.45) is -0.129. The van der Waals surface area contributed by atoms with Crippen molar-refractivity contribution in [2.24, 2.45) is 5.84 Å². The molecule has 0 aliphatic carbocycles. The van der Waals surface area contributed by atoms with Crippen molar-refractivity contribution < 1.29 is 19.3 Å². The standard InChI is InChI=1S/C9H9BrClN3O5/c10-6-3-5(11)4-7(14(16)17)9(6)18-2-1-8(15)19-13-12/h3-4,13H,1-2,12H2. The van der Waals surface area contributed by atoms with Crippen molar-refractivity contribution >= 4 is 39.2 Å². The zero-order valence-corrected chi connectivity index (χ0v) is 11.7. The lowest BCUT2D eigenvalue weighted by molar-refractivity contribution is -0.385. The third-order valence-electron chi connectivity index (χ3n) is 1.91. The van der Waals surface area contributed by atoms with E-state index in [1.54, 1.807) is 5.59 Å². The maximum absolute atomic E-state index is 11.0. The van der Waals surface area contributed by atoms with Crippen molar-refractivity contribution in [2.45, 2.75) is 6.42 Å². The minimum Gasteiger partial charge on any atom is -0.485 e. The highest BCUT2D eigenvalue weighted by atomic mass is 79.9. The van der Waals surface area contributed by atoms with Gasteiger partial charge >= 0.3 is 11.7 Å². The maximum atomic E-state index is 11.0. The smallest absolute Gasteiger partial charge is 0.329 e. The molecule has 19 heavy (non-hydrogen) atoms. The third kappa shape index (κ3) is 4.63. The van der Waals surface area contributed by atoms with Gasteiger partial charge in [-0.3, -0.25) is 14.9 Å². The van der Waals surface area contributed by atoms with Gasteiger partial charge in [-0.15, -0.1) is 0 Å². The van der Waals surface area contributed by atoms with Gasteiger partial charge in [0.2, 0.25) is 5.75 Å². The first kappa shape index (κ1) is 15.6. The Hall–Kier alpha value is -1.42. The first-order chi connectivity index (χ1) is 8.95. The fourth-order valence-electron chi connectivity index (χ4n) is 1.18. The number of hydrazine groups is 1. The normalized spacial score (nSPS) is 10.1. The van der Waals surface area contributed by atoms with E-state index in [4.69, 9.17) is 22.2 Å². The van der Waals surface area contributed by atoms with Crippen LogP contribution in [0.3, 0.4) is 0 Å². The zero-order valence-electron chi connectivity index (χ0n) is 9.39. The Kier molecular flexibility index (Phi) is 5.96. The van der Waals surface area contributed by atoms with Gasteiger partial charge in [0.05, 0.1) is 22.4 Å². The summed E-state index contributed by atoms with van der Waals surface area (Å²) in [7, 11) is 0. The molecule has 0 spiro atoms. The van der Waals surface area contributed by atoms with Gasteiger partial charge in [0.25, 0.3) is 0 Å². The van der Waals surface area contributed by atoms with Gasteiger partial charge in [0.15, 0.2) is 0 Å². The number of carbonyl (C=O) groups is 1. The number of rotatable bonds is 6. The molecule has 3 N–H and O–H groups in total. The van der Waals surface area contributed by atoms with E-state index >= 15 is 0 Å². The number of ether oxygens (including phenoxy) is 1. The lowest BCUT2D eigenvalue weighted by Gasteiger charge is -2.08. The second kappa shape index (κ2) is 7.24. The molecule has 0 heterocycles. The number of nitro benzene ring substituents is 1.